The summed E-state index contributed by atoms with van der Waals surface area (Å²) in [6, 6.07) is 9.24. The molecular weight excluding hydrogens is 256 g/mol. The molecule has 1 aromatic carbocycles. The summed E-state index contributed by atoms with van der Waals surface area (Å²) < 4.78 is 0. The van der Waals surface area contributed by atoms with Gasteiger partial charge in [-0.2, -0.15) is 0 Å². The molecule has 21 heavy (non-hydrogen) atoms. The number of hydrogen-bond donors (Lipinski definition) is 1. The second-order valence-electron chi connectivity index (χ2n) is 6.84. The average molecular weight is 288 g/mol. The lowest BCUT2D eigenvalue weighted by atomic mass is 9.85. The topological polar surface area (TPSA) is 15.3 Å². The number of hydrogen-bond acceptors (Lipinski definition) is 2. The highest BCUT2D eigenvalue weighted by molar-refractivity contribution is 5.25. The maximum absolute atomic E-state index is 3.51. The van der Waals surface area contributed by atoms with Gasteiger partial charge in [-0.05, 0) is 55.8 Å². The van der Waals surface area contributed by atoms with E-state index in [1.165, 1.54) is 43.4 Å². The van der Waals surface area contributed by atoms with Crippen LogP contribution in [0.5, 0.6) is 0 Å². The lowest BCUT2D eigenvalue weighted by Gasteiger charge is -2.30. The van der Waals surface area contributed by atoms with Gasteiger partial charge in [0.05, 0.1) is 0 Å². The molecule has 1 saturated carbocycles. The van der Waals surface area contributed by atoms with E-state index in [0.29, 0.717) is 5.92 Å². The number of benzene rings is 1. The Bertz CT molecular complexity index is 395. The van der Waals surface area contributed by atoms with Crippen LogP contribution in [0.25, 0.3) is 0 Å². The van der Waals surface area contributed by atoms with Gasteiger partial charge in [0.15, 0.2) is 0 Å². The molecule has 2 nitrogen and oxygen atoms in total. The van der Waals surface area contributed by atoms with Gasteiger partial charge >= 0.3 is 0 Å². The van der Waals surface area contributed by atoms with Crippen LogP contribution in [0.3, 0.4) is 0 Å². The van der Waals surface area contributed by atoms with Crippen molar-refractivity contribution < 1.29 is 0 Å². The van der Waals surface area contributed by atoms with E-state index in [2.05, 4.69) is 55.4 Å². The lowest BCUT2D eigenvalue weighted by Crippen LogP contribution is -2.29. The normalized spacial score (nSPS) is 17.0. The summed E-state index contributed by atoms with van der Waals surface area (Å²) in [5, 5.41) is 3.51. The van der Waals surface area contributed by atoms with Crippen molar-refractivity contribution in [3.8, 4) is 0 Å². The predicted octanol–water partition coefficient (Wildman–Crippen LogP) is 4.02. The molecule has 0 bridgehead atoms. The van der Waals surface area contributed by atoms with Crippen molar-refractivity contribution in [2.24, 2.45) is 5.92 Å². The van der Waals surface area contributed by atoms with E-state index in [9.17, 15) is 0 Å². The van der Waals surface area contributed by atoms with E-state index in [1.54, 1.807) is 0 Å². The van der Waals surface area contributed by atoms with Crippen molar-refractivity contribution in [2.45, 2.75) is 52.0 Å². The van der Waals surface area contributed by atoms with Crippen LogP contribution in [0.4, 0.5) is 0 Å². The molecule has 1 fully saturated rings. The van der Waals surface area contributed by atoms with Crippen molar-refractivity contribution in [3.05, 3.63) is 35.4 Å². The number of rotatable bonds is 9. The highest BCUT2D eigenvalue weighted by Gasteiger charge is 2.18. The molecule has 0 aliphatic heterocycles. The van der Waals surface area contributed by atoms with Crippen LogP contribution in [0.1, 0.15) is 56.6 Å². The zero-order valence-corrected chi connectivity index (χ0v) is 14.1. The van der Waals surface area contributed by atoms with Crippen LogP contribution in [-0.4, -0.2) is 31.6 Å². The molecule has 0 saturated heterocycles. The van der Waals surface area contributed by atoms with Crippen LogP contribution >= 0.6 is 0 Å². The molecule has 118 valence electrons. The molecule has 2 rings (SSSR count). The Morgan fingerprint density at radius 3 is 2.52 bits per heavy atom. The van der Waals surface area contributed by atoms with Gasteiger partial charge in [0.2, 0.25) is 0 Å². The quantitative estimate of drug-likeness (QED) is 0.690. The minimum absolute atomic E-state index is 0.596. The average Bonchev–Trinajstić information content (AvgIpc) is 2.44. The van der Waals surface area contributed by atoms with Gasteiger partial charge in [0.1, 0.15) is 0 Å². The molecule has 1 aromatic rings. The predicted molar refractivity (Wildman–Crippen MR) is 91.7 cm³/mol. The first-order valence-electron chi connectivity index (χ1n) is 8.67. The third-order valence-corrected chi connectivity index (χ3v) is 4.67. The summed E-state index contributed by atoms with van der Waals surface area (Å²) in [5.74, 6) is 1.55. The van der Waals surface area contributed by atoms with Crippen molar-refractivity contribution in [3.63, 3.8) is 0 Å². The van der Waals surface area contributed by atoms with E-state index in [-0.39, 0.29) is 0 Å². The van der Waals surface area contributed by atoms with Gasteiger partial charge in [0, 0.05) is 19.6 Å². The van der Waals surface area contributed by atoms with Gasteiger partial charge in [-0.15, -0.1) is 0 Å². The molecule has 1 unspecified atom stereocenters. The SMILES string of the molecule is CCCNCC(C)c1ccc(CN(C)CC2CCC2)cc1. The largest absolute Gasteiger partial charge is 0.316 e. The minimum atomic E-state index is 0.596. The zero-order valence-electron chi connectivity index (χ0n) is 14.1. The van der Waals surface area contributed by atoms with Gasteiger partial charge in [0.25, 0.3) is 0 Å². The summed E-state index contributed by atoms with van der Waals surface area (Å²) in [6.45, 7) is 9.06. The molecule has 0 radical (unpaired) electrons. The van der Waals surface area contributed by atoms with Crippen molar-refractivity contribution >= 4 is 0 Å². The third-order valence-electron chi connectivity index (χ3n) is 4.67. The van der Waals surface area contributed by atoms with Crippen molar-refractivity contribution in [2.75, 3.05) is 26.7 Å². The maximum Gasteiger partial charge on any atom is 0.0230 e. The molecule has 0 amide bonds. The highest BCUT2D eigenvalue weighted by Crippen LogP contribution is 2.27. The van der Waals surface area contributed by atoms with Gasteiger partial charge < -0.3 is 10.2 Å². The number of nitrogens with one attached hydrogen (secondary N) is 1. The van der Waals surface area contributed by atoms with E-state index < -0.39 is 0 Å². The molecule has 1 N–H and O–H groups in total. The standard InChI is InChI=1S/C19H32N2/c1-4-12-20-13-16(2)19-10-8-18(9-11-19)15-21(3)14-17-6-5-7-17/h8-11,16-17,20H,4-7,12-15H2,1-3H3. The Morgan fingerprint density at radius 1 is 1.24 bits per heavy atom. The summed E-state index contributed by atoms with van der Waals surface area (Å²) in [7, 11) is 2.25. The Kier molecular flexibility index (Phi) is 6.72. The van der Waals surface area contributed by atoms with Crippen molar-refractivity contribution in [1.29, 1.82) is 0 Å². The van der Waals surface area contributed by atoms with Crippen LogP contribution in [0.15, 0.2) is 24.3 Å². The molecule has 1 aliphatic rings. The fourth-order valence-electron chi connectivity index (χ4n) is 3.06. The fourth-order valence-corrected chi connectivity index (χ4v) is 3.06. The van der Waals surface area contributed by atoms with E-state index in [0.717, 1.165) is 25.6 Å². The van der Waals surface area contributed by atoms with E-state index in [4.69, 9.17) is 0 Å². The van der Waals surface area contributed by atoms with Crippen LogP contribution in [0, 0.1) is 5.92 Å². The molecule has 1 atom stereocenters. The van der Waals surface area contributed by atoms with E-state index >= 15 is 0 Å². The first-order chi connectivity index (χ1) is 10.2. The smallest absolute Gasteiger partial charge is 0.0230 e. The molecule has 2 heteroatoms. The van der Waals surface area contributed by atoms with Crippen LogP contribution in [0.2, 0.25) is 0 Å². The van der Waals surface area contributed by atoms with Gasteiger partial charge in [-0.3, -0.25) is 0 Å². The molecule has 1 aliphatic carbocycles. The highest BCUT2D eigenvalue weighted by atomic mass is 15.1. The second kappa shape index (κ2) is 8.55. The van der Waals surface area contributed by atoms with Crippen molar-refractivity contribution in [1.82, 2.24) is 10.2 Å². The molecule has 0 aromatic heterocycles. The fraction of sp³-hybridized carbons (Fsp3) is 0.684. The first kappa shape index (κ1) is 16.5. The van der Waals surface area contributed by atoms with Crippen LogP contribution in [-0.2, 0) is 6.54 Å². The molecule has 0 spiro atoms. The van der Waals surface area contributed by atoms with Gasteiger partial charge in [-0.1, -0.05) is 44.5 Å². The Balaban J connectivity index is 1.77. The summed E-state index contributed by atoms with van der Waals surface area (Å²) in [4.78, 5) is 2.48. The maximum atomic E-state index is 3.51. The minimum Gasteiger partial charge on any atom is -0.316 e. The monoisotopic (exact) mass is 288 g/mol. The lowest BCUT2D eigenvalue weighted by molar-refractivity contribution is 0.200. The zero-order chi connectivity index (χ0) is 15.1. The van der Waals surface area contributed by atoms with Gasteiger partial charge in [-0.25, -0.2) is 0 Å². The Hall–Kier alpha value is -0.860. The number of nitrogens with zero attached hydrogens (tertiary/aromatic N) is 1. The van der Waals surface area contributed by atoms with Crippen LogP contribution < -0.4 is 5.32 Å². The van der Waals surface area contributed by atoms with E-state index in [1.807, 2.05) is 0 Å². The molecule has 0 heterocycles. The summed E-state index contributed by atoms with van der Waals surface area (Å²) in [5.41, 5.74) is 2.89. The third kappa shape index (κ3) is 5.44. The Labute approximate surface area is 130 Å². The molecular formula is C19H32N2. The Morgan fingerprint density at radius 2 is 1.95 bits per heavy atom. The summed E-state index contributed by atoms with van der Waals surface area (Å²) >= 11 is 0. The summed E-state index contributed by atoms with van der Waals surface area (Å²) in [6.07, 6.45) is 5.52. The second-order valence-corrected chi connectivity index (χ2v) is 6.84. The first-order valence-corrected chi connectivity index (χ1v) is 8.67.